The van der Waals surface area contributed by atoms with Gasteiger partial charge in [0.1, 0.15) is 0 Å². The van der Waals surface area contributed by atoms with Crippen molar-refractivity contribution in [2.45, 2.75) is 19.6 Å². The number of hydrazone groups is 1. The Morgan fingerprint density at radius 3 is 2.78 bits per heavy atom. The minimum Gasteiger partial charge on any atom is -0.442 e. The summed E-state index contributed by atoms with van der Waals surface area (Å²) in [5.74, 6) is -0.0962. The van der Waals surface area contributed by atoms with Gasteiger partial charge in [-0.2, -0.15) is 5.01 Å². The Bertz CT molecular complexity index is 803. The number of amides is 1. The first-order valence-electron chi connectivity index (χ1n) is 6.79. The molecule has 118 valence electrons. The number of rotatable bonds is 3. The third-order valence-electron chi connectivity index (χ3n) is 3.47. The van der Waals surface area contributed by atoms with Gasteiger partial charge in [0.25, 0.3) is 5.69 Å². The predicted octanol–water partition coefficient (Wildman–Crippen LogP) is 3.07. The van der Waals surface area contributed by atoms with Gasteiger partial charge in [-0.3, -0.25) is 14.9 Å². The number of benzene rings is 1. The summed E-state index contributed by atoms with van der Waals surface area (Å²) in [6, 6.07) is 9.69. The number of hydrogen-bond acceptors (Lipinski definition) is 6. The number of carbonyl (C=O) groups excluding carboxylic acids is 1. The van der Waals surface area contributed by atoms with Gasteiger partial charge in [0.2, 0.25) is 17.5 Å². The molecule has 0 N–H and O–H groups in total. The summed E-state index contributed by atoms with van der Waals surface area (Å²) in [4.78, 5) is 23.2. The second-order valence-electron chi connectivity index (χ2n) is 5.11. The molecule has 1 aromatic carbocycles. The number of non-ortho nitro benzene ring substituents is 1. The Kier molecular flexibility index (Phi) is 3.61. The van der Waals surface area contributed by atoms with Crippen molar-refractivity contribution in [3.8, 4) is 0 Å². The maximum atomic E-state index is 11.9. The van der Waals surface area contributed by atoms with E-state index in [2.05, 4.69) is 5.10 Å². The topological polar surface area (TPSA) is 85.0 Å². The Hall–Kier alpha value is -2.74. The molecular formula is C15H13N3O4S. The molecule has 8 heteroatoms. The molecule has 2 heterocycles. The van der Waals surface area contributed by atoms with Gasteiger partial charge in [-0.1, -0.05) is 12.1 Å². The maximum Gasteiger partial charge on any atom is 0.270 e. The van der Waals surface area contributed by atoms with E-state index in [1.807, 2.05) is 17.5 Å². The van der Waals surface area contributed by atoms with Crippen molar-refractivity contribution in [1.29, 1.82) is 0 Å². The molecule has 1 aromatic heterocycles. The van der Waals surface area contributed by atoms with E-state index < -0.39 is 10.6 Å². The zero-order valence-corrected chi connectivity index (χ0v) is 13.2. The molecule has 0 saturated heterocycles. The van der Waals surface area contributed by atoms with E-state index in [0.717, 1.165) is 4.88 Å². The first kappa shape index (κ1) is 15.2. The predicted molar refractivity (Wildman–Crippen MR) is 84.9 cm³/mol. The van der Waals surface area contributed by atoms with Gasteiger partial charge in [0.05, 0.1) is 9.80 Å². The van der Waals surface area contributed by atoms with Gasteiger partial charge in [0.15, 0.2) is 0 Å². The molecule has 23 heavy (non-hydrogen) atoms. The van der Waals surface area contributed by atoms with Crippen LogP contribution < -0.4 is 0 Å². The maximum absolute atomic E-state index is 11.9. The van der Waals surface area contributed by atoms with Crippen molar-refractivity contribution in [2.24, 2.45) is 5.10 Å². The molecule has 0 radical (unpaired) electrons. The van der Waals surface area contributed by atoms with Gasteiger partial charge < -0.3 is 4.74 Å². The lowest BCUT2D eigenvalue weighted by Gasteiger charge is -2.29. The summed E-state index contributed by atoms with van der Waals surface area (Å²) in [7, 11) is 0. The zero-order valence-electron chi connectivity index (χ0n) is 12.4. The van der Waals surface area contributed by atoms with Crippen LogP contribution >= 0.6 is 11.3 Å². The van der Waals surface area contributed by atoms with Gasteiger partial charge >= 0.3 is 0 Å². The van der Waals surface area contributed by atoms with E-state index in [-0.39, 0.29) is 17.5 Å². The van der Waals surface area contributed by atoms with E-state index in [0.29, 0.717) is 5.56 Å². The number of nitro benzene ring substituents is 1. The van der Waals surface area contributed by atoms with Crippen LogP contribution in [0.2, 0.25) is 0 Å². The van der Waals surface area contributed by atoms with E-state index in [4.69, 9.17) is 4.74 Å². The number of ether oxygens (including phenoxy) is 1. The normalized spacial score (nSPS) is 20.1. The van der Waals surface area contributed by atoms with Crippen molar-refractivity contribution in [3.63, 3.8) is 0 Å². The molecule has 7 nitrogen and oxygen atoms in total. The molecule has 0 saturated carbocycles. The molecule has 0 bridgehead atoms. The van der Waals surface area contributed by atoms with Crippen LogP contribution in [0.15, 0.2) is 46.9 Å². The Morgan fingerprint density at radius 2 is 2.17 bits per heavy atom. The van der Waals surface area contributed by atoms with Crippen molar-refractivity contribution in [1.82, 2.24) is 5.01 Å². The highest BCUT2D eigenvalue weighted by molar-refractivity contribution is 7.10. The number of carbonyl (C=O) groups is 1. The summed E-state index contributed by atoms with van der Waals surface area (Å²) in [6.07, 6.45) is 0. The number of nitrogens with zero attached hydrogens (tertiary/aromatic N) is 3. The van der Waals surface area contributed by atoms with Crippen molar-refractivity contribution < 1.29 is 14.5 Å². The molecule has 0 aliphatic carbocycles. The molecule has 0 spiro atoms. The number of nitro groups is 1. The number of thiophene rings is 1. The standard InChI is InChI=1S/C15H13N3O4S/c1-10(19)17-15(2,13-7-4-8-23-13)22-14(16-17)11-5-3-6-12(9-11)18(20)21/h3-9H,1-2H3/t15-/m0/s1. The minimum atomic E-state index is -1.06. The van der Waals surface area contributed by atoms with Crippen LogP contribution in [0.4, 0.5) is 5.69 Å². The molecule has 0 fully saturated rings. The van der Waals surface area contributed by atoms with Gasteiger partial charge in [-0.15, -0.1) is 16.4 Å². The fraction of sp³-hybridized carbons (Fsp3) is 0.200. The lowest BCUT2D eigenvalue weighted by atomic mass is 10.2. The molecule has 0 unspecified atom stereocenters. The smallest absolute Gasteiger partial charge is 0.270 e. The van der Waals surface area contributed by atoms with Crippen molar-refractivity contribution >= 4 is 28.8 Å². The van der Waals surface area contributed by atoms with E-state index >= 15 is 0 Å². The summed E-state index contributed by atoms with van der Waals surface area (Å²) in [5, 5.41) is 18.3. The molecule has 3 rings (SSSR count). The fourth-order valence-corrected chi connectivity index (χ4v) is 3.18. The second kappa shape index (κ2) is 5.47. The summed E-state index contributed by atoms with van der Waals surface area (Å²) >= 11 is 1.45. The summed E-state index contributed by atoms with van der Waals surface area (Å²) in [6.45, 7) is 3.14. The van der Waals surface area contributed by atoms with Crippen LogP contribution in [-0.2, 0) is 15.3 Å². The molecule has 1 aliphatic heterocycles. The fourth-order valence-electron chi connectivity index (χ4n) is 2.38. The minimum absolute atomic E-state index is 0.0621. The summed E-state index contributed by atoms with van der Waals surface area (Å²) < 4.78 is 5.93. The highest BCUT2D eigenvalue weighted by Gasteiger charge is 2.45. The van der Waals surface area contributed by atoms with Crippen molar-refractivity contribution in [3.05, 3.63) is 62.3 Å². The summed E-state index contributed by atoms with van der Waals surface area (Å²) in [5.41, 5.74) is -0.668. The lowest BCUT2D eigenvalue weighted by Crippen LogP contribution is -2.40. The molecular weight excluding hydrogens is 318 g/mol. The average Bonchev–Trinajstić information content (AvgIpc) is 3.15. The quantitative estimate of drug-likeness (QED) is 0.639. The Balaban J connectivity index is 2.02. The molecule has 1 atom stereocenters. The van der Waals surface area contributed by atoms with E-state index in [9.17, 15) is 14.9 Å². The Morgan fingerprint density at radius 1 is 1.39 bits per heavy atom. The van der Waals surface area contributed by atoms with Gasteiger partial charge in [-0.05, 0) is 17.5 Å². The molecule has 1 aliphatic rings. The van der Waals surface area contributed by atoms with E-state index in [1.54, 1.807) is 19.1 Å². The molecule has 1 amide bonds. The lowest BCUT2D eigenvalue weighted by molar-refractivity contribution is -0.384. The van der Waals surface area contributed by atoms with Crippen LogP contribution in [0.3, 0.4) is 0 Å². The van der Waals surface area contributed by atoms with Crippen LogP contribution in [0.1, 0.15) is 24.3 Å². The second-order valence-corrected chi connectivity index (χ2v) is 6.05. The van der Waals surface area contributed by atoms with Crippen LogP contribution in [0.5, 0.6) is 0 Å². The third kappa shape index (κ3) is 2.57. The van der Waals surface area contributed by atoms with Crippen LogP contribution in [0, 0.1) is 10.1 Å². The third-order valence-corrected chi connectivity index (χ3v) is 4.53. The zero-order chi connectivity index (χ0) is 16.6. The average molecular weight is 331 g/mol. The van der Waals surface area contributed by atoms with Crippen molar-refractivity contribution in [2.75, 3.05) is 0 Å². The Labute approximate surface area is 136 Å². The monoisotopic (exact) mass is 331 g/mol. The number of hydrogen-bond donors (Lipinski definition) is 0. The highest BCUT2D eigenvalue weighted by atomic mass is 32.1. The van der Waals surface area contributed by atoms with Gasteiger partial charge in [0, 0.05) is 31.5 Å². The highest BCUT2D eigenvalue weighted by Crippen LogP contribution is 2.38. The van der Waals surface area contributed by atoms with Crippen LogP contribution in [0.25, 0.3) is 0 Å². The first-order valence-corrected chi connectivity index (χ1v) is 7.67. The SMILES string of the molecule is CC(=O)N1N=C(c2cccc([N+](=O)[O-])c2)O[C@@]1(C)c1cccs1. The first-order chi connectivity index (χ1) is 10.9. The largest absolute Gasteiger partial charge is 0.442 e. The van der Waals surface area contributed by atoms with E-state index in [1.165, 1.54) is 35.4 Å². The van der Waals surface area contributed by atoms with Gasteiger partial charge in [-0.25, -0.2) is 0 Å². The van der Waals surface area contributed by atoms with Crippen LogP contribution in [-0.4, -0.2) is 21.7 Å². The molecule has 2 aromatic rings.